The van der Waals surface area contributed by atoms with Gasteiger partial charge in [0.1, 0.15) is 12.0 Å². The number of nitrogens with zero attached hydrogens (tertiary/aromatic N) is 2. The van der Waals surface area contributed by atoms with Crippen molar-refractivity contribution in [1.82, 2.24) is 9.97 Å². The Balaban J connectivity index is 1.91. The minimum absolute atomic E-state index is 0.0167. The zero-order chi connectivity index (χ0) is 19.6. The molecule has 0 aliphatic carbocycles. The molecule has 5 nitrogen and oxygen atoms in total. The fourth-order valence-corrected chi connectivity index (χ4v) is 2.27. The molecule has 0 radical (unpaired) electrons. The van der Waals surface area contributed by atoms with Crippen LogP contribution in [0, 0.1) is 11.6 Å². The third kappa shape index (κ3) is 4.05. The van der Waals surface area contributed by atoms with Gasteiger partial charge in [-0.1, -0.05) is 12.1 Å². The van der Waals surface area contributed by atoms with Crippen LogP contribution < -0.4 is 16.4 Å². The average molecular weight is 381 g/mol. The zero-order valence-electron chi connectivity index (χ0n) is 13.5. The normalized spacial score (nSPS) is 11.3. The number of halogens is 5. The van der Waals surface area contributed by atoms with Crippen LogP contribution in [0.3, 0.4) is 0 Å². The van der Waals surface area contributed by atoms with Gasteiger partial charge in [0.15, 0.2) is 23.3 Å². The predicted molar refractivity (Wildman–Crippen MR) is 90.8 cm³/mol. The van der Waals surface area contributed by atoms with Gasteiger partial charge in [-0.15, -0.1) is 0 Å². The molecule has 3 rings (SSSR count). The Morgan fingerprint density at radius 2 is 1.52 bits per heavy atom. The Morgan fingerprint density at radius 3 is 2.19 bits per heavy atom. The van der Waals surface area contributed by atoms with Crippen LogP contribution in [0.5, 0.6) is 0 Å². The number of hydrogen-bond acceptors (Lipinski definition) is 5. The number of anilines is 5. The Morgan fingerprint density at radius 1 is 0.852 bits per heavy atom. The second-order valence-corrected chi connectivity index (χ2v) is 5.41. The molecule has 27 heavy (non-hydrogen) atoms. The number of hydrogen-bond donors (Lipinski definition) is 3. The van der Waals surface area contributed by atoms with E-state index in [2.05, 4.69) is 20.6 Å². The van der Waals surface area contributed by atoms with Gasteiger partial charge in [-0.3, -0.25) is 0 Å². The fraction of sp³-hybridized carbons (Fsp3) is 0.0588. The van der Waals surface area contributed by atoms with Crippen molar-refractivity contribution in [2.24, 2.45) is 0 Å². The van der Waals surface area contributed by atoms with Crippen LogP contribution in [-0.2, 0) is 6.18 Å². The second kappa shape index (κ2) is 7.06. The van der Waals surface area contributed by atoms with Gasteiger partial charge >= 0.3 is 6.18 Å². The largest absolute Gasteiger partial charge is 0.418 e. The first kappa shape index (κ1) is 18.4. The first-order chi connectivity index (χ1) is 12.8. The van der Waals surface area contributed by atoms with Crippen LogP contribution in [0.4, 0.5) is 50.6 Å². The molecule has 0 atom stereocenters. The SMILES string of the molecule is Nc1c(Nc2ccc(F)c(F)c2)ncnc1Nc1ccccc1C(F)(F)F. The second-order valence-electron chi connectivity index (χ2n) is 5.41. The van der Waals surface area contributed by atoms with E-state index in [0.717, 1.165) is 24.5 Å². The molecule has 0 aliphatic rings. The van der Waals surface area contributed by atoms with Crippen molar-refractivity contribution >= 4 is 28.7 Å². The Labute approximate surface area is 150 Å². The molecule has 0 saturated carbocycles. The highest BCUT2D eigenvalue weighted by atomic mass is 19.4. The predicted octanol–water partition coefficient (Wildman–Crippen LogP) is 4.84. The van der Waals surface area contributed by atoms with Gasteiger partial charge in [0.05, 0.1) is 11.3 Å². The highest BCUT2D eigenvalue weighted by Crippen LogP contribution is 2.37. The number of para-hydroxylation sites is 1. The molecule has 10 heteroatoms. The first-order valence-corrected chi connectivity index (χ1v) is 7.51. The third-order valence-electron chi connectivity index (χ3n) is 3.55. The molecule has 140 valence electrons. The van der Waals surface area contributed by atoms with Gasteiger partial charge < -0.3 is 16.4 Å². The maximum atomic E-state index is 13.3. The van der Waals surface area contributed by atoms with Crippen molar-refractivity contribution in [3.63, 3.8) is 0 Å². The van der Waals surface area contributed by atoms with E-state index in [1.54, 1.807) is 0 Å². The van der Waals surface area contributed by atoms with E-state index >= 15 is 0 Å². The molecule has 0 fully saturated rings. The van der Waals surface area contributed by atoms with Crippen molar-refractivity contribution in [2.45, 2.75) is 6.18 Å². The summed E-state index contributed by atoms with van der Waals surface area (Å²) in [6.45, 7) is 0. The lowest BCUT2D eigenvalue weighted by Gasteiger charge is -2.16. The highest BCUT2D eigenvalue weighted by Gasteiger charge is 2.33. The molecule has 2 aromatic carbocycles. The van der Waals surface area contributed by atoms with Crippen LogP contribution in [-0.4, -0.2) is 9.97 Å². The molecular formula is C17H12F5N5. The molecule has 4 N–H and O–H groups in total. The summed E-state index contributed by atoms with van der Waals surface area (Å²) in [6, 6.07) is 7.89. The number of nitrogen functional groups attached to an aromatic ring is 1. The van der Waals surface area contributed by atoms with E-state index < -0.39 is 23.4 Å². The van der Waals surface area contributed by atoms with Crippen molar-refractivity contribution in [2.75, 3.05) is 16.4 Å². The van der Waals surface area contributed by atoms with E-state index in [9.17, 15) is 22.0 Å². The lowest BCUT2D eigenvalue weighted by atomic mass is 10.1. The number of rotatable bonds is 4. The van der Waals surface area contributed by atoms with Crippen molar-refractivity contribution in [1.29, 1.82) is 0 Å². The van der Waals surface area contributed by atoms with Crippen LogP contribution >= 0.6 is 0 Å². The molecular weight excluding hydrogens is 369 g/mol. The van der Waals surface area contributed by atoms with Gasteiger partial charge in [0.25, 0.3) is 0 Å². The molecule has 1 aromatic heterocycles. The Bertz CT molecular complexity index is 974. The summed E-state index contributed by atoms with van der Waals surface area (Å²) in [7, 11) is 0. The smallest absolute Gasteiger partial charge is 0.393 e. The maximum Gasteiger partial charge on any atom is 0.418 e. The fourth-order valence-electron chi connectivity index (χ4n) is 2.27. The van der Waals surface area contributed by atoms with E-state index in [0.29, 0.717) is 0 Å². The summed E-state index contributed by atoms with van der Waals surface area (Å²) in [6.07, 6.45) is -3.50. The quantitative estimate of drug-likeness (QED) is 0.564. The Kier molecular flexibility index (Phi) is 4.80. The molecule has 0 saturated heterocycles. The number of nitrogens with two attached hydrogens (primary N) is 1. The van der Waals surface area contributed by atoms with Crippen molar-refractivity contribution in [3.8, 4) is 0 Å². The minimum Gasteiger partial charge on any atom is -0.393 e. The number of alkyl halides is 3. The molecule has 0 bridgehead atoms. The van der Waals surface area contributed by atoms with Crippen LogP contribution in [0.15, 0.2) is 48.8 Å². The summed E-state index contributed by atoms with van der Waals surface area (Å²) >= 11 is 0. The van der Waals surface area contributed by atoms with Gasteiger partial charge in [-0.25, -0.2) is 18.7 Å². The van der Waals surface area contributed by atoms with E-state index in [-0.39, 0.29) is 28.7 Å². The van der Waals surface area contributed by atoms with Crippen LogP contribution in [0.25, 0.3) is 0 Å². The zero-order valence-corrected chi connectivity index (χ0v) is 13.5. The lowest BCUT2D eigenvalue weighted by Crippen LogP contribution is -2.10. The van der Waals surface area contributed by atoms with Gasteiger partial charge in [-0.2, -0.15) is 13.2 Å². The van der Waals surface area contributed by atoms with Crippen molar-refractivity contribution in [3.05, 3.63) is 66.0 Å². The number of aromatic nitrogens is 2. The molecule has 0 unspecified atom stereocenters. The van der Waals surface area contributed by atoms with Gasteiger partial charge in [-0.05, 0) is 24.3 Å². The van der Waals surface area contributed by atoms with E-state index in [4.69, 9.17) is 5.73 Å². The standard InChI is InChI=1S/C17H12F5N5/c18-11-6-5-9(7-12(11)19)26-15-14(23)16(25-8-24-15)27-13-4-2-1-3-10(13)17(20,21)22/h1-8H,23H2,(H2,24,25,26,27). The first-order valence-electron chi connectivity index (χ1n) is 7.51. The summed E-state index contributed by atoms with van der Waals surface area (Å²) in [5, 5.41) is 5.19. The topological polar surface area (TPSA) is 75.9 Å². The average Bonchev–Trinajstić information content (AvgIpc) is 2.61. The molecule has 0 aliphatic heterocycles. The highest BCUT2D eigenvalue weighted by molar-refractivity contribution is 5.80. The Hall–Kier alpha value is -3.43. The van der Waals surface area contributed by atoms with Gasteiger partial charge in [0.2, 0.25) is 0 Å². The number of nitrogens with one attached hydrogen (secondary N) is 2. The third-order valence-corrected chi connectivity index (χ3v) is 3.55. The summed E-state index contributed by atoms with van der Waals surface area (Å²) in [4.78, 5) is 7.72. The number of benzene rings is 2. The monoisotopic (exact) mass is 381 g/mol. The van der Waals surface area contributed by atoms with E-state index in [1.165, 1.54) is 24.3 Å². The minimum atomic E-state index is -4.57. The summed E-state index contributed by atoms with van der Waals surface area (Å²) in [5.41, 5.74) is 4.83. The molecule has 0 amide bonds. The maximum absolute atomic E-state index is 13.3. The van der Waals surface area contributed by atoms with Gasteiger partial charge in [0, 0.05) is 11.8 Å². The van der Waals surface area contributed by atoms with Crippen molar-refractivity contribution < 1.29 is 22.0 Å². The van der Waals surface area contributed by atoms with Crippen LogP contribution in [0.1, 0.15) is 5.56 Å². The molecule has 1 heterocycles. The summed E-state index contributed by atoms with van der Waals surface area (Å²) in [5.74, 6) is -2.16. The van der Waals surface area contributed by atoms with Crippen LogP contribution in [0.2, 0.25) is 0 Å². The lowest BCUT2D eigenvalue weighted by molar-refractivity contribution is -0.136. The summed E-state index contributed by atoms with van der Waals surface area (Å²) < 4.78 is 65.6. The molecule has 0 spiro atoms. The molecule has 3 aromatic rings. The van der Waals surface area contributed by atoms with E-state index in [1.807, 2.05) is 0 Å².